The minimum Gasteiger partial charge on any atom is -0.382 e. The fourth-order valence-electron chi connectivity index (χ4n) is 0.748. The third-order valence-electron chi connectivity index (χ3n) is 1.50. The third-order valence-corrected chi connectivity index (χ3v) is 1.50. The number of hydrogen-bond acceptors (Lipinski definition) is 3. The van der Waals surface area contributed by atoms with Gasteiger partial charge in [-0.25, -0.2) is 0 Å². The quantitative estimate of drug-likeness (QED) is 0.695. The van der Waals surface area contributed by atoms with Crippen LogP contribution in [0.3, 0.4) is 0 Å². The smallest absolute Gasteiger partial charge is 0.382 e. The van der Waals surface area contributed by atoms with Crippen LogP contribution in [0.25, 0.3) is 0 Å². The molecular formula is C8H12F3NO2. The molecule has 0 bridgehead atoms. The molecule has 6 heteroatoms. The fourth-order valence-corrected chi connectivity index (χ4v) is 0.748. The molecule has 0 aromatic carbocycles. The molecule has 0 spiro atoms. The van der Waals surface area contributed by atoms with E-state index in [1.807, 2.05) is 0 Å². The fraction of sp³-hybridized carbons (Fsp3) is 0.875. The van der Waals surface area contributed by atoms with Crippen molar-refractivity contribution in [1.82, 2.24) is 0 Å². The van der Waals surface area contributed by atoms with Gasteiger partial charge in [-0.05, 0) is 6.92 Å². The summed E-state index contributed by atoms with van der Waals surface area (Å²) in [6, 6.07) is 1.15. The molecule has 0 aromatic rings. The first-order chi connectivity index (χ1) is 6.41. The Morgan fingerprint density at radius 2 is 1.93 bits per heavy atom. The molecule has 14 heavy (non-hydrogen) atoms. The zero-order chi connectivity index (χ0) is 11.2. The van der Waals surface area contributed by atoms with E-state index >= 15 is 0 Å². The van der Waals surface area contributed by atoms with Crippen molar-refractivity contribution in [2.45, 2.75) is 19.2 Å². The van der Waals surface area contributed by atoms with E-state index in [0.29, 0.717) is 0 Å². The average molecular weight is 211 g/mol. The summed E-state index contributed by atoms with van der Waals surface area (Å²) in [6.07, 6.45) is -4.97. The molecule has 0 saturated carbocycles. The molecule has 3 nitrogen and oxygen atoms in total. The van der Waals surface area contributed by atoms with Crippen LogP contribution >= 0.6 is 0 Å². The number of halogens is 3. The first-order valence-electron chi connectivity index (χ1n) is 3.98. The van der Waals surface area contributed by atoms with Gasteiger partial charge in [-0.15, -0.1) is 0 Å². The highest BCUT2D eigenvalue weighted by Gasteiger charge is 2.40. The summed E-state index contributed by atoms with van der Waals surface area (Å²) >= 11 is 0. The Kier molecular flexibility index (Phi) is 5.50. The number of methoxy groups -OCH3 is 1. The van der Waals surface area contributed by atoms with Crippen LogP contribution in [0.15, 0.2) is 0 Å². The van der Waals surface area contributed by atoms with Crippen molar-refractivity contribution >= 4 is 0 Å². The van der Waals surface area contributed by atoms with E-state index in [-0.39, 0.29) is 6.61 Å². The van der Waals surface area contributed by atoms with Crippen molar-refractivity contribution < 1.29 is 22.6 Å². The Bertz CT molecular complexity index is 200. The molecule has 0 fully saturated rings. The second kappa shape index (κ2) is 5.83. The number of ether oxygens (including phenoxy) is 2. The summed E-state index contributed by atoms with van der Waals surface area (Å²) in [6.45, 7) is 1.13. The van der Waals surface area contributed by atoms with Gasteiger partial charge in [0.05, 0.1) is 25.4 Å². The number of alkyl halides is 3. The van der Waals surface area contributed by atoms with Crippen LogP contribution < -0.4 is 0 Å². The largest absolute Gasteiger partial charge is 0.406 e. The number of rotatable bonds is 5. The predicted molar refractivity (Wildman–Crippen MR) is 42.4 cm³/mol. The lowest BCUT2D eigenvalue weighted by molar-refractivity contribution is -0.176. The topological polar surface area (TPSA) is 42.2 Å². The molecule has 2 atom stereocenters. The summed E-state index contributed by atoms with van der Waals surface area (Å²) in [4.78, 5) is 0. The van der Waals surface area contributed by atoms with Crippen LogP contribution in [0.4, 0.5) is 13.2 Å². The van der Waals surface area contributed by atoms with Gasteiger partial charge in [0.2, 0.25) is 0 Å². The van der Waals surface area contributed by atoms with Crippen molar-refractivity contribution in [2.24, 2.45) is 5.92 Å². The van der Waals surface area contributed by atoms with Crippen LogP contribution in [0.1, 0.15) is 6.92 Å². The molecule has 0 aliphatic rings. The van der Waals surface area contributed by atoms with Crippen molar-refractivity contribution in [3.05, 3.63) is 0 Å². The molecule has 0 aliphatic heterocycles. The van der Waals surface area contributed by atoms with Crippen LogP contribution in [0, 0.1) is 17.2 Å². The second-order valence-electron chi connectivity index (χ2n) is 2.82. The molecule has 0 aromatic heterocycles. The zero-order valence-corrected chi connectivity index (χ0v) is 7.97. The zero-order valence-electron chi connectivity index (χ0n) is 7.97. The van der Waals surface area contributed by atoms with Gasteiger partial charge in [-0.2, -0.15) is 18.4 Å². The summed E-state index contributed by atoms with van der Waals surface area (Å²) in [5.41, 5.74) is 0. The van der Waals surface area contributed by atoms with Gasteiger partial charge in [-0.1, -0.05) is 0 Å². The standard InChI is InChI=1S/C8H12F3NO2/c1-6(4-13-2)14-5-7(3-12)8(9,10)11/h6-7H,4-5H2,1-2H3. The van der Waals surface area contributed by atoms with E-state index < -0.39 is 24.8 Å². The maximum atomic E-state index is 12.0. The number of nitrogens with zero attached hydrogens (tertiary/aromatic N) is 1. The molecule has 0 radical (unpaired) electrons. The Morgan fingerprint density at radius 1 is 1.36 bits per heavy atom. The van der Waals surface area contributed by atoms with Gasteiger partial charge >= 0.3 is 6.18 Å². The minimum atomic E-state index is -4.53. The SMILES string of the molecule is COCC(C)OCC(C#N)C(F)(F)F. The van der Waals surface area contributed by atoms with Gasteiger partial charge < -0.3 is 9.47 Å². The molecule has 0 amide bonds. The highest BCUT2D eigenvalue weighted by molar-refractivity contribution is 4.88. The van der Waals surface area contributed by atoms with Crippen molar-refractivity contribution in [3.8, 4) is 6.07 Å². The normalized spacial score (nSPS) is 16.0. The van der Waals surface area contributed by atoms with E-state index in [1.165, 1.54) is 7.11 Å². The Hall–Kier alpha value is -0.800. The Morgan fingerprint density at radius 3 is 2.29 bits per heavy atom. The lowest BCUT2D eigenvalue weighted by atomic mass is 10.2. The van der Waals surface area contributed by atoms with Crippen molar-refractivity contribution in [2.75, 3.05) is 20.3 Å². The molecule has 0 aliphatic carbocycles. The highest BCUT2D eigenvalue weighted by atomic mass is 19.4. The molecule has 0 rings (SSSR count). The summed E-state index contributed by atoms with van der Waals surface area (Å²) in [5, 5.41) is 8.22. The molecule has 0 saturated heterocycles. The summed E-state index contributed by atoms with van der Waals surface area (Å²) in [7, 11) is 1.42. The Labute approximate surface area is 80.4 Å². The molecule has 0 N–H and O–H groups in total. The van der Waals surface area contributed by atoms with E-state index in [2.05, 4.69) is 4.74 Å². The van der Waals surface area contributed by atoms with Gasteiger partial charge in [-0.3, -0.25) is 0 Å². The first-order valence-corrected chi connectivity index (χ1v) is 3.98. The average Bonchev–Trinajstić information content (AvgIpc) is 2.03. The van der Waals surface area contributed by atoms with E-state index in [1.54, 1.807) is 6.92 Å². The van der Waals surface area contributed by atoms with Gasteiger partial charge in [0.1, 0.15) is 0 Å². The second-order valence-corrected chi connectivity index (χ2v) is 2.82. The van der Waals surface area contributed by atoms with Crippen LogP contribution in [-0.4, -0.2) is 32.6 Å². The summed E-state index contributed by atoms with van der Waals surface area (Å²) in [5.74, 6) is -2.07. The van der Waals surface area contributed by atoms with Gasteiger partial charge in [0.25, 0.3) is 0 Å². The van der Waals surface area contributed by atoms with E-state index in [0.717, 1.165) is 6.07 Å². The lowest BCUT2D eigenvalue weighted by Crippen LogP contribution is -2.28. The Balaban J connectivity index is 3.92. The summed E-state index contributed by atoms with van der Waals surface area (Å²) < 4.78 is 45.5. The molecular weight excluding hydrogens is 199 g/mol. The number of nitriles is 1. The maximum Gasteiger partial charge on any atom is 0.406 e. The first kappa shape index (κ1) is 13.2. The minimum absolute atomic E-state index is 0.204. The molecule has 2 unspecified atom stereocenters. The van der Waals surface area contributed by atoms with Gasteiger partial charge in [0, 0.05) is 7.11 Å². The lowest BCUT2D eigenvalue weighted by Gasteiger charge is -2.16. The number of hydrogen-bond donors (Lipinski definition) is 0. The molecule has 0 heterocycles. The maximum absolute atomic E-state index is 12.0. The van der Waals surface area contributed by atoms with E-state index in [4.69, 9.17) is 10.00 Å². The predicted octanol–water partition coefficient (Wildman–Crippen LogP) is 1.74. The van der Waals surface area contributed by atoms with E-state index in [9.17, 15) is 13.2 Å². The van der Waals surface area contributed by atoms with Crippen molar-refractivity contribution in [3.63, 3.8) is 0 Å². The third kappa shape index (κ3) is 5.04. The highest BCUT2D eigenvalue weighted by Crippen LogP contribution is 2.25. The van der Waals surface area contributed by atoms with Crippen molar-refractivity contribution in [1.29, 1.82) is 5.26 Å². The monoisotopic (exact) mass is 211 g/mol. The van der Waals surface area contributed by atoms with Gasteiger partial charge in [0.15, 0.2) is 5.92 Å². The van der Waals surface area contributed by atoms with Crippen LogP contribution in [-0.2, 0) is 9.47 Å². The molecule has 82 valence electrons. The van der Waals surface area contributed by atoms with Crippen LogP contribution in [0.2, 0.25) is 0 Å². The van der Waals surface area contributed by atoms with Crippen LogP contribution in [0.5, 0.6) is 0 Å².